The molecule has 3 rings (SSSR count). The highest BCUT2D eigenvalue weighted by molar-refractivity contribution is 6.30. The van der Waals surface area contributed by atoms with Crippen molar-refractivity contribution in [2.24, 2.45) is 0 Å². The maximum atomic E-state index is 12.4. The van der Waals surface area contributed by atoms with Gasteiger partial charge in [-0.3, -0.25) is 4.79 Å². The maximum Gasteiger partial charge on any atom is 0.266 e. The Labute approximate surface area is 156 Å². The first-order valence-corrected chi connectivity index (χ1v) is 8.29. The molecule has 26 heavy (non-hydrogen) atoms. The minimum absolute atomic E-state index is 0.0368. The van der Waals surface area contributed by atoms with Crippen LogP contribution < -0.4 is 5.32 Å². The quantitative estimate of drug-likeness (QED) is 0.495. The van der Waals surface area contributed by atoms with Gasteiger partial charge in [0, 0.05) is 22.3 Å². The molecule has 128 valence electrons. The fourth-order valence-electron chi connectivity index (χ4n) is 2.39. The zero-order valence-electron chi connectivity index (χ0n) is 14.0. The number of furan rings is 1. The van der Waals surface area contributed by atoms with Gasteiger partial charge in [-0.15, -0.1) is 0 Å². The molecule has 1 amide bonds. The lowest BCUT2D eigenvalue weighted by Gasteiger charge is -2.06. The van der Waals surface area contributed by atoms with Gasteiger partial charge >= 0.3 is 0 Å². The lowest BCUT2D eigenvalue weighted by Crippen LogP contribution is -2.14. The summed E-state index contributed by atoms with van der Waals surface area (Å²) in [5.41, 5.74) is 2.41. The van der Waals surface area contributed by atoms with Crippen LogP contribution in [0.5, 0.6) is 0 Å². The molecule has 3 aromatic rings. The highest BCUT2D eigenvalue weighted by Crippen LogP contribution is 2.25. The Kier molecular flexibility index (Phi) is 5.21. The molecule has 0 saturated heterocycles. The zero-order valence-corrected chi connectivity index (χ0v) is 14.7. The van der Waals surface area contributed by atoms with Crippen molar-refractivity contribution in [2.75, 3.05) is 5.32 Å². The van der Waals surface area contributed by atoms with Crippen LogP contribution in [0.3, 0.4) is 0 Å². The molecule has 0 aliphatic carbocycles. The van der Waals surface area contributed by atoms with Crippen LogP contribution in [0.1, 0.15) is 11.3 Å². The number of carbonyl (C=O) groups excluding carboxylic acids is 1. The van der Waals surface area contributed by atoms with Gasteiger partial charge in [0.05, 0.1) is 0 Å². The Balaban J connectivity index is 1.81. The number of hydrogen-bond donors (Lipinski definition) is 1. The monoisotopic (exact) mass is 362 g/mol. The van der Waals surface area contributed by atoms with Gasteiger partial charge in [-0.05, 0) is 55.0 Å². The average Bonchev–Trinajstić information content (AvgIpc) is 3.10. The lowest BCUT2D eigenvalue weighted by molar-refractivity contribution is -0.112. The average molecular weight is 363 g/mol. The predicted octanol–water partition coefficient (Wildman–Crippen LogP) is 5.45. The Bertz CT molecular complexity index is 1010. The van der Waals surface area contributed by atoms with Crippen LogP contribution in [0.2, 0.25) is 5.02 Å². The van der Waals surface area contributed by atoms with E-state index in [4.69, 9.17) is 16.0 Å². The minimum Gasteiger partial charge on any atom is -0.457 e. The topological polar surface area (TPSA) is 66.0 Å². The summed E-state index contributed by atoms with van der Waals surface area (Å²) >= 11 is 5.88. The maximum absolute atomic E-state index is 12.4. The summed E-state index contributed by atoms with van der Waals surface area (Å²) in [5, 5.41) is 12.7. The van der Waals surface area contributed by atoms with Crippen LogP contribution in [-0.2, 0) is 4.79 Å². The molecule has 0 bridgehead atoms. The molecule has 0 aliphatic heterocycles. The first kappa shape index (κ1) is 17.5. The van der Waals surface area contributed by atoms with E-state index in [-0.39, 0.29) is 5.57 Å². The number of aryl methyl sites for hydroxylation is 1. The zero-order chi connectivity index (χ0) is 18.5. The number of carbonyl (C=O) groups is 1. The van der Waals surface area contributed by atoms with E-state index in [1.165, 1.54) is 6.08 Å². The second-order valence-corrected chi connectivity index (χ2v) is 6.08. The van der Waals surface area contributed by atoms with Crippen LogP contribution in [0, 0.1) is 18.3 Å². The molecule has 0 unspecified atom stereocenters. The summed E-state index contributed by atoms with van der Waals surface area (Å²) in [6.07, 6.45) is 1.42. The van der Waals surface area contributed by atoms with Gasteiger partial charge in [0.25, 0.3) is 5.91 Å². The summed E-state index contributed by atoms with van der Waals surface area (Å²) in [5.74, 6) is 0.571. The second-order valence-electron chi connectivity index (χ2n) is 5.65. The number of nitrogens with one attached hydrogen (secondary N) is 1. The van der Waals surface area contributed by atoms with Crippen molar-refractivity contribution in [1.29, 1.82) is 5.26 Å². The van der Waals surface area contributed by atoms with E-state index in [0.717, 1.165) is 11.1 Å². The van der Waals surface area contributed by atoms with Crippen molar-refractivity contribution in [1.82, 2.24) is 0 Å². The number of hydrogen-bond acceptors (Lipinski definition) is 3. The molecule has 4 nitrogen and oxygen atoms in total. The van der Waals surface area contributed by atoms with Gasteiger partial charge in [0.15, 0.2) is 0 Å². The van der Waals surface area contributed by atoms with Crippen molar-refractivity contribution < 1.29 is 9.21 Å². The molecule has 0 saturated carbocycles. The number of para-hydroxylation sites is 1. The summed E-state index contributed by atoms with van der Waals surface area (Å²) in [6.45, 7) is 1.89. The van der Waals surface area contributed by atoms with Gasteiger partial charge in [-0.2, -0.15) is 5.26 Å². The van der Waals surface area contributed by atoms with Gasteiger partial charge in [0.2, 0.25) is 0 Å². The van der Waals surface area contributed by atoms with Crippen LogP contribution in [0.15, 0.2) is 70.7 Å². The van der Waals surface area contributed by atoms with E-state index in [0.29, 0.717) is 22.2 Å². The van der Waals surface area contributed by atoms with Crippen LogP contribution in [0.25, 0.3) is 17.4 Å². The Morgan fingerprint density at radius 3 is 2.54 bits per heavy atom. The number of nitriles is 1. The predicted molar refractivity (Wildman–Crippen MR) is 103 cm³/mol. The van der Waals surface area contributed by atoms with Crippen LogP contribution in [-0.4, -0.2) is 5.91 Å². The first-order valence-electron chi connectivity index (χ1n) is 7.91. The molecule has 0 atom stereocenters. The standard InChI is InChI=1S/C21H15ClN2O2/c1-14-4-2-3-5-19(14)24-21(25)16(13-23)12-18-10-11-20(26-18)15-6-8-17(22)9-7-15/h2-12H,1H3,(H,24,25). The van der Waals surface area contributed by atoms with Crippen molar-refractivity contribution in [2.45, 2.75) is 6.92 Å². The molecule has 1 N–H and O–H groups in total. The highest BCUT2D eigenvalue weighted by atomic mass is 35.5. The SMILES string of the molecule is Cc1ccccc1NC(=O)C(C#N)=Cc1ccc(-c2ccc(Cl)cc2)o1. The van der Waals surface area contributed by atoms with E-state index in [9.17, 15) is 10.1 Å². The third-order valence-electron chi connectivity index (χ3n) is 3.80. The van der Waals surface area contributed by atoms with Crippen molar-refractivity contribution >= 4 is 29.3 Å². The van der Waals surface area contributed by atoms with Gasteiger partial charge in [-0.25, -0.2) is 0 Å². The third-order valence-corrected chi connectivity index (χ3v) is 4.05. The third kappa shape index (κ3) is 4.02. The Morgan fingerprint density at radius 1 is 1.12 bits per heavy atom. The van der Waals surface area contributed by atoms with E-state index >= 15 is 0 Å². The highest BCUT2D eigenvalue weighted by Gasteiger charge is 2.12. The molecule has 2 aromatic carbocycles. The van der Waals surface area contributed by atoms with Crippen molar-refractivity contribution in [3.05, 3.63) is 82.6 Å². The molecular weight excluding hydrogens is 348 g/mol. The number of benzene rings is 2. The van der Waals surface area contributed by atoms with Gasteiger partial charge in [-0.1, -0.05) is 29.8 Å². The van der Waals surface area contributed by atoms with Gasteiger partial charge in [0.1, 0.15) is 23.2 Å². The summed E-state index contributed by atoms with van der Waals surface area (Å²) in [4.78, 5) is 12.4. The van der Waals surface area contributed by atoms with E-state index in [1.54, 1.807) is 30.3 Å². The smallest absolute Gasteiger partial charge is 0.266 e. The Hall–Kier alpha value is -3.29. The molecule has 0 spiro atoms. The van der Waals surface area contributed by atoms with E-state index < -0.39 is 5.91 Å². The molecule has 1 heterocycles. The number of halogens is 1. The molecule has 0 aliphatic rings. The van der Waals surface area contributed by atoms with E-state index in [2.05, 4.69) is 5.32 Å². The number of rotatable bonds is 4. The van der Waals surface area contributed by atoms with Crippen LogP contribution >= 0.6 is 11.6 Å². The molecular formula is C21H15ClN2O2. The lowest BCUT2D eigenvalue weighted by atomic mass is 10.1. The Morgan fingerprint density at radius 2 is 1.85 bits per heavy atom. The first-order chi connectivity index (χ1) is 12.6. The number of amides is 1. The number of nitrogens with zero attached hydrogens (tertiary/aromatic N) is 1. The van der Waals surface area contributed by atoms with Gasteiger partial charge < -0.3 is 9.73 Å². The molecule has 5 heteroatoms. The number of anilines is 1. The molecule has 1 aromatic heterocycles. The summed E-state index contributed by atoms with van der Waals surface area (Å²) < 4.78 is 5.72. The molecule has 0 fully saturated rings. The van der Waals surface area contributed by atoms with Crippen molar-refractivity contribution in [3.8, 4) is 17.4 Å². The van der Waals surface area contributed by atoms with Crippen molar-refractivity contribution in [3.63, 3.8) is 0 Å². The summed E-state index contributed by atoms with van der Waals surface area (Å²) in [6, 6.07) is 20.0. The molecule has 0 radical (unpaired) electrons. The summed E-state index contributed by atoms with van der Waals surface area (Å²) in [7, 11) is 0. The van der Waals surface area contributed by atoms with Crippen LogP contribution in [0.4, 0.5) is 5.69 Å². The minimum atomic E-state index is -0.480. The second kappa shape index (κ2) is 7.73. The normalized spacial score (nSPS) is 11.0. The fourth-order valence-corrected chi connectivity index (χ4v) is 2.52. The fraction of sp³-hybridized carbons (Fsp3) is 0.0476. The largest absolute Gasteiger partial charge is 0.457 e. The van der Waals surface area contributed by atoms with E-state index in [1.807, 2.05) is 43.3 Å².